The van der Waals surface area contributed by atoms with Gasteiger partial charge in [0.1, 0.15) is 0 Å². The van der Waals surface area contributed by atoms with E-state index in [0.717, 1.165) is 18.5 Å². The SMILES string of the molecule is COc1cc(CC(=O)NCCC[NH2+]C(C)(C)C)cc(OC)c1OC. The minimum absolute atomic E-state index is 0.0139. The Labute approximate surface area is 144 Å². The molecule has 1 aromatic rings. The van der Waals surface area contributed by atoms with Gasteiger partial charge in [0, 0.05) is 13.0 Å². The van der Waals surface area contributed by atoms with Crippen molar-refractivity contribution in [3.63, 3.8) is 0 Å². The molecule has 0 saturated heterocycles. The van der Waals surface area contributed by atoms with Gasteiger partial charge in [-0.1, -0.05) is 0 Å². The maximum atomic E-state index is 12.1. The highest BCUT2D eigenvalue weighted by atomic mass is 16.5. The first kappa shape index (κ1) is 20.1. The number of rotatable bonds is 9. The van der Waals surface area contributed by atoms with Crippen LogP contribution in [-0.4, -0.2) is 45.9 Å². The van der Waals surface area contributed by atoms with Gasteiger partial charge in [0.15, 0.2) is 11.5 Å². The summed E-state index contributed by atoms with van der Waals surface area (Å²) >= 11 is 0. The maximum Gasteiger partial charge on any atom is 0.224 e. The number of carbonyl (C=O) groups is 1. The van der Waals surface area contributed by atoms with Crippen molar-refractivity contribution in [2.24, 2.45) is 0 Å². The highest BCUT2D eigenvalue weighted by Crippen LogP contribution is 2.38. The average Bonchev–Trinajstić information content (AvgIpc) is 2.52. The van der Waals surface area contributed by atoms with Crippen molar-refractivity contribution in [1.82, 2.24) is 5.32 Å². The van der Waals surface area contributed by atoms with E-state index in [1.165, 1.54) is 0 Å². The molecule has 136 valence electrons. The van der Waals surface area contributed by atoms with Crippen LogP contribution in [0.1, 0.15) is 32.8 Å². The number of carbonyl (C=O) groups excluding carboxylic acids is 1. The van der Waals surface area contributed by atoms with Gasteiger partial charge in [-0.2, -0.15) is 0 Å². The van der Waals surface area contributed by atoms with E-state index in [4.69, 9.17) is 14.2 Å². The molecule has 0 aromatic heterocycles. The summed E-state index contributed by atoms with van der Waals surface area (Å²) in [6.45, 7) is 8.20. The first-order chi connectivity index (χ1) is 11.3. The van der Waals surface area contributed by atoms with E-state index < -0.39 is 0 Å². The van der Waals surface area contributed by atoms with E-state index in [9.17, 15) is 4.79 Å². The molecule has 0 atom stereocenters. The zero-order valence-electron chi connectivity index (χ0n) is 15.7. The Morgan fingerprint density at radius 2 is 1.67 bits per heavy atom. The molecule has 0 heterocycles. The number of hydrogen-bond donors (Lipinski definition) is 2. The molecule has 0 fully saturated rings. The third-order valence-electron chi connectivity index (χ3n) is 3.55. The fraction of sp³-hybridized carbons (Fsp3) is 0.611. The summed E-state index contributed by atoms with van der Waals surface area (Å²) in [6.07, 6.45) is 1.22. The lowest BCUT2D eigenvalue weighted by atomic mass is 10.1. The summed E-state index contributed by atoms with van der Waals surface area (Å²) in [4.78, 5) is 12.1. The lowest BCUT2D eigenvalue weighted by Gasteiger charge is -2.16. The van der Waals surface area contributed by atoms with Crippen LogP contribution >= 0.6 is 0 Å². The summed E-state index contributed by atoms with van der Waals surface area (Å²) in [7, 11) is 4.68. The van der Waals surface area contributed by atoms with Gasteiger partial charge in [-0.3, -0.25) is 4.79 Å². The second kappa shape index (κ2) is 9.37. The highest BCUT2D eigenvalue weighted by molar-refractivity contribution is 5.79. The number of methoxy groups -OCH3 is 3. The van der Waals surface area contributed by atoms with Gasteiger partial charge in [-0.15, -0.1) is 0 Å². The molecule has 0 aliphatic heterocycles. The number of quaternary nitrogens is 1. The van der Waals surface area contributed by atoms with Crippen molar-refractivity contribution in [1.29, 1.82) is 0 Å². The number of hydrogen-bond acceptors (Lipinski definition) is 4. The molecule has 0 unspecified atom stereocenters. The standard InChI is InChI=1S/C18H30N2O4/c1-18(2,3)20-9-7-8-19-16(21)12-13-10-14(22-4)17(24-6)15(11-13)23-5/h10-11,20H,7-9,12H2,1-6H3,(H,19,21)/p+1. The van der Waals surface area contributed by atoms with Crippen molar-refractivity contribution in [2.75, 3.05) is 34.4 Å². The molecule has 0 spiro atoms. The van der Waals surface area contributed by atoms with Crippen molar-refractivity contribution in [3.05, 3.63) is 17.7 Å². The Hall–Kier alpha value is -1.95. The topological polar surface area (TPSA) is 73.4 Å². The summed E-state index contributed by atoms with van der Waals surface area (Å²) in [5, 5.41) is 5.23. The third kappa shape index (κ3) is 6.66. The Morgan fingerprint density at radius 3 is 2.12 bits per heavy atom. The molecule has 24 heavy (non-hydrogen) atoms. The van der Waals surface area contributed by atoms with Crippen LogP contribution in [0.5, 0.6) is 17.2 Å². The molecule has 6 nitrogen and oxygen atoms in total. The Morgan fingerprint density at radius 1 is 1.08 bits per heavy atom. The smallest absolute Gasteiger partial charge is 0.224 e. The average molecular weight is 339 g/mol. The van der Waals surface area contributed by atoms with E-state index in [0.29, 0.717) is 23.8 Å². The molecular formula is C18H31N2O4+. The molecule has 3 N–H and O–H groups in total. The fourth-order valence-corrected chi connectivity index (χ4v) is 2.35. The molecule has 0 radical (unpaired) electrons. The molecule has 6 heteroatoms. The minimum Gasteiger partial charge on any atom is -0.493 e. The summed E-state index contributed by atoms with van der Waals surface area (Å²) in [5.41, 5.74) is 1.04. The van der Waals surface area contributed by atoms with Crippen molar-refractivity contribution < 1.29 is 24.3 Å². The van der Waals surface area contributed by atoms with E-state index in [-0.39, 0.29) is 17.9 Å². The lowest BCUT2D eigenvalue weighted by molar-refractivity contribution is -0.717. The molecule has 1 amide bonds. The van der Waals surface area contributed by atoms with E-state index in [1.54, 1.807) is 33.5 Å². The summed E-state index contributed by atoms with van der Waals surface area (Å²) in [6, 6.07) is 3.60. The summed E-state index contributed by atoms with van der Waals surface area (Å²) < 4.78 is 15.9. The number of benzene rings is 1. The molecule has 0 aliphatic rings. The van der Waals surface area contributed by atoms with Gasteiger partial charge in [-0.25, -0.2) is 0 Å². The lowest BCUT2D eigenvalue weighted by Crippen LogP contribution is -2.94. The summed E-state index contributed by atoms with van der Waals surface area (Å²) in [5.74, 6) is 1.63. The van der Waals surface area contributed by atoms with E-state index in [1.807, 2.05) is 0 Å². The van der Waals surface area contributed by atoms with Gasteiger partial charge < -0.3 is 24.8 Å². The van der Waals surface area contributed by atoms with Crippen LogP contribution in [0.2, 0.25) is 0 Å². The monoisotopic (exact) mass is 339 g/mol. The molecule has 1 aromatic carbocycles. The fourth-order valence-electron chi connectivity index (χ4n) is 2.35. The van der Waals surface area contributed by atoms with E-state index >= 15 is 0 Å². The molecule has 1 rings (SSSR count). The van der Waals surface area contributed by atoms with Crippen LogP contribution in [0, 0.1) is 0 Å². The quantitative estimate of drug-likeness (QED) is 0.662. The zero-order chi connectivity index (χ0) is 18.2. The van der Waals surface area contributed by atoms with Crippen molar-refractivity contribution in [3.8, 4) is 17.2 Å². The normalized spacial score (nSPS) is 11.1. The Bertz CT molecular complexity index is 513. The third-order valence-corrected chi connectivity index (χ3v) is 3.55. The zero-order valence-corrected chi connectivity index (χ0v) is 15.7. The first-order valence-corrected chi connectivity index (χ1v) is 8.20. The number of nitrogens with one attached hydrogen (secondary N) is 1. The van der Waals surface area contributed by atoms with Crippen molar-refractivity contribution in [2.45, 2.75) is 39.2 Å². The molecule has 0 bridgehead atoms. The van der Waals surface area contributed by atoms with Crippen LogP contribution in [0.3, 0.4) is 0 Å². The van der Waals surface area contributed by atoms with Crippen LogP contribution in [0.15, 0.2) is 12.1 Å². The van der Waals surface area contributed by atoms with Gasteiger partial charge in [0.25, 0.3) is 0 Å². The number of nitrogens with two attached hydrogens (primary N) is 1. The predicted molar refractivity (Wildman–Crippen MR) is 94.0 cm³/mol. The van der Waals surface area contributed by atoms with Gasteiger partial charge in [-0.05, 0) is 38.5 Å². The Balaban J connectivity index is 2.55. The Kier molecular flexibility index (Phi) is 7.85. The van der Waals surface area contributed by atoms with Crippen molar-refractivity contribution >= 4 is 5.91 Å². The van der Waals surface area contributed by atoms with Crippen LogP contribution in [0.25, 0.3) is 0 Å². The van der Waals surface area contributed by atoms with Crippen LogP contribution < -0.4 is 24.8 Å². The van der Waals surface area contributed by atoms with Gasteiger partial charge in [0.05, 0.1) is 39.8 Å². The van der Waals surface area contributed by atoms with Crippen LogP contribution in [-0.2, 0) is 11.2 Å². The minimum atomic E-state index is -0.0139. The van der Waals surface area contributed by atoms with Gasteiger partial charge in [0.2, 0.25) is 11.7 Å². The van der Waals surface area contributed by atoms with Crippen LogP contribution in [0.4, 0.5) is 0 Å². The first-order valence-electron chi connectivity index (χ1n) is 8.20. The second-order valence-electron chi connectivity index (χ2n) is 6.77. The molecule has 0 aliphatic carbocycles. The largest absolute Gasteiger partial charge is 0.493 e. The molecular weight excluding hydrogens is 308 g/mol. The number of amides is 1. The second-order valence-corrected chi connectivity index (χ2v) is 6.77. The maximum absolute atomic E-state index is 12.1. The number of ether oxygens (including phenoxy) is 3. The van der Waals surface area contributed by atoms with Gasteiger partial charge >= 0.3 is 0 Å². The predicted octanol–water partition coefficient (Wildman–Crippen LogP) is 1.12. The molecule has 0 saturated carbocycles. The van der Waals surface area contributed by atoms with E-state index in [2.05, 4.69) is 31.4 Å². The highest BCUT2D eigenvalue weighted by Gasteiger charge is 2.15.